The first-order valence-corrected chi connectivity index (χ1v) is 7.60. The molecule has 0 bridgehead atoms. The summed E-state index contributed by atoms with van der Waals surface area (Å²) in [4.78, 5) is 35.0. The highest BCUT2D eigenvalue weighted by molar-refractivity contribution is 6.32. The van der Waals surface area contributed by atoms with Gasteiger partial charge in [0.15, 0.2) is 5.82 Å². The monoisotopic (exact) mass is 333 g/mol. The molecule has 0 unspecified atom stereocenters. The molecule has 3 rings (SSSR count). The molecule has 25 heavy (non-hydrogen) atoms. The maximum atomic E-state index is 13.0. The van der Waals surface area contributed by atoms with Gasteiger partial charge in [-0.15, -0.1) is 0 Å². The number of nitrogens with zero attached hydrogens (tertiary/aromatic N) is 2. The maximum Gasteiger partial charge on any atom is 0.348 e. The molecule has 2 N–H and O–H groups in total. The van der Waals surface area contributed by atoms with Gasteiger partial charge in [-0.05, 0) is 6.92 Å². The van der Waals surface area contributed by atoms with Gasteiger partial charge < -0.3 is 5.11 Å². The van der Waals surface area contributed by atoms with Gasteiger partial charge in [0.2, 0.25) is 5.78 Å². The summed E-state index contributed by atoms with van der Waals surface area (Å²) in [5.41, 5.74) is 0.0400. The van der Waals surface area contributed by atoms with Crippen molar-refractivity contribution in [2.24, 2.45) is 0 Å². The summed E-state index contributed by atoms with van der Waals surface area (Å²) in [5.74, 6) is -0.558. The lowest BCUT2D eigenvalue weighted by Crippen LogP contribution is -2.19. The highest BCUT2D eigenvalue weighted by Gasteiger charge is 2.23. The van der Waals surface area contributed by atoms with Crippen LogP contribution in [0.2, 0.25) is 0 Å². The number of aromatic nitrogens is 3. The number of H-pyrrole nitrogens is 1. The van der Waals surface area contributed by atoms with E-state index in [0.29, 0.717) is 17.0 Å². The average molecular weight is 333 g/mol. The molecule has 1 heterocycles. The number of allylic oxidation sites excluding steroid dienone is 1. The lowest BCUT2D eigenvalue weighted by Gasteiger charge is -2.10. The number of aliphatic hydroxyl groups is 1. The third-order valence-corrected chi connectivity index (χ3v) is 3.54. The molecule has 0 aliphatic rings. The Balaban J connectivity index is 2.25. The van der Waals surface area contributed by atoms with Crippen LogP contribution in [0.25, 0.3) is 11.3 Å². The second-order valence-electron chi connectivity index (χ2n) is 5.35. The minimum atomic E-state index is -0.637. The van der Waals surface area contributed by atoms with Crippen LogP contribution < -0.4 is 5.69 Å². The third kappa shape index (κ3) is 3.53. The van der Waals surface area contributed by atoms with Gasteiger partial charge in [0.1, 0.15) is 17.2 Å². The number of hydrogen-bond donors (Lipinski definition) is 2. The van der Waals surface area contributed by atoms with E-state index >= 15 is 0 Å². The molecule has 0 amide bonds. The van der Waals surface area contributed by atoms with Crippen LogP contribution in [-0.2, 0) is 0 Å². The van der Waals surface area contributed by atoms with Crippen molar-refractivity contribution >= 4 is 17.1 Å². The Bertz CT molecular complexity index is 993. The Hall–Kier alpha value is -3.54. The Morgan fingerprint density at radius 2 is 1.48 bits per heavy atom. The Kier molecular flexibility index (Phi) is 4.52. The van der Waals surface area contributed by atoms with Gasteiger partial charge in [0, 0.05) is 11.1 Å². The highest BCUT2D eigenvalue weighted by Crippen LogP contribution is 2.25. The van der Waals surface area contributed by atoms with E-state index in [2.05, 4.69) is 15.0 Å². The lowest BCUT2D eigenvalue weighted by molar-refractivity contribution is 0.105. The molecule has 3 aromatic rings. The van der Waals surface area contributed by atoms with Gasteiger partial charge in [-0.3, -0.25) is 9.78 Å². The molecule has 0 atom stereocenters. The predicted octanol–water partition coefficient (Wildman–Crippen LogP) is 2.78. The van der Waals surface area contributed by atoms with Crippen LogP contribution in [0.1, 0.15) is 27.6 Å². The van der Waals surface area contributed by atoms with Crippen molar-refractivity contribution in [2.45, 2.75) is 6.92 Å². The summed E-state index contributed by atoms with van der Waals surface area (Å²) in [5, 5.41) is 10.7. The van der Waals surface area contributed by atoms with E-state index in [4.69, 9.17) is 0 Å². The van der Waals surface area contributed by atoms with E-state index in [1.54, 1.807) is 67.6 Å². The number of Topliss-reactive ketones (excluding diaryl/α,β-unsaturated/α-hetero) is 1. The third-order valence-electron chi connectivity index (χ3n) is 3.54. The standard InChI is InChI=1S/C19H15N3O3/c1-12-20-18(22-19(25)21-12)15(16(23)13-8-4-2-5-9-13)17(24)14-10-6-3-7-11-14/h2-11,23H,1H3,(H,20,21,22,25)/b16-15+. The Labute approximate surface area is 143 Å². The molecule has 1 aromatic heterocycles. The van der Waals surface area contributed by atoms with Crippen LogP contribution in [0.5, 0.6) is 0 Å². The number of carbonyl (C=O) groups excluding carboxylic acids is 1. The molecule has 0 saturated heterocycles. The van der Waals surface area contributed by atoms with Crippen molar-refractivity contribution < 1.29 is 9.90 Å². The summed E-state index contributed by atoms with van der Waals surface area (Å²) in [6.07, 6.45) is 0. The molecular weight excluding hydrogens is 318 g/mol. The number of aliphatic hydroxyl groups excluding tert-OH is 1. The molecule has 0 fully saturated rings. The fraction of sp³-hybridized carbons (Fsp3) is 0.0526. The van der Waals surface area contributed by atoms with Crippen molar-refractivity contribution in [1.29, 1.82) is 0 Å². The molecular formula is C19H15N3O3. The van der Waals surface area contributed by atoms with E-state index in [1.165, 1.54) is 0 Å². The van der Waals surface area contributed by atoms with Crippen molar-refractivity contribution in [1.82, 2.24) is 15.0 Å². The topological polar surface area (TPSA) is 95.9 Å². The molecule has 0 spiro atoms. The fourth-order valence-corrected chi connectivity index (χ4v) is 2.39. The summed E-state index contributed by atoms with van der Waals surface area (Å²) in [6, 6.07) is 17.1. The highest BCUT2D eigenvalue weighted by atomic mass is 16.3. The zero-order valence-corrected chi connectivity index (χ0v) is 13.4. The van der Waals surface area contributed by atoms with Crippen molar-refractivity contribution in [3.05, 3.63) is 93.9 Å². The van der Waals surface area contributed by atoms with Crippen LogP contribution in [0.15, 0.2) is 65.5 Å². The smallest absolute Gasteiger partial charge is 0.348 e. The number of rotatable bonds is 4. The van der Waals surface area contributed by atoms with E-state index in [0.717, 1.165) is 0 Å². The second-order valence-corrected chi connectivity index (χ2v) is 5.35. The van der Waals surface area contributed by atoms with Crippen LogP contribution in [0.4, 0.5) is 0 Å². The van der Waals surface area contributed by atoms with E-state index in [-0.39, 0.29) is 17.2 Å². The predicted molar refractivity (Wildman–Crippen MR) is 94.0 cm³/mol. The molecule has 6 nitrogen and oxygen atoms in total. The van der Waals surface area contributed by atoms with Gasteiger partial charge in [-0.2, -0.15) is 4.98 Å². The molecule has 2 aromatic carbocycles. The normalized spacial score (nSPS) is 11.7. The largest absolute Gasteiger partial charge is 0.506 e. The second kappa shape index (κ2) is 6.92. The maximum absolute atomic E-state index is 13.0. The number of aryl methyl sites for hydroxylation is 1. The zero-order chi connectivity index (χ0) is 17.8. The number of nitrogens with one attached hydrogen (secondary N) is 1. The number of aromatic amines is 1. The fourth-order valence-electron chi connectivity index (χ4n) is 2.39. The first-order valence-electron chi connectivity index (χ1n) is 7.60. The zero-order valence-electron chi connectivity index (χ0n) is 13.4. The summed E-state index contributed by atoms with van der Waals surface area (Å²) >= 11 is 0. The molecule has 6 heteroatoms. The quantitative estimate of drug-likeness (QED) is 0.435. The lowest BCUT2D eigenvalue weighted by atomic mass is 9.98. The summed E-state index contributed by atoms with van der Waals surface area (Å²) in [7, 11) is 0. The van der Waals surface area contributed by atoms with Gasteiger partial charge in [0.25, 0.3) is 0 Å². The minimum Gasteiger partial charge on any atom is -0.506 e. The van der Waals surface area contributed by atoms with Crippen LogP contribution >= 0.6 is 0 Å². The number of hydrogen-bond acceptors (Lipinski definition) is 5. The molecule has 0 aliphatic heterocycles. The van der Waals surface area contributed by atoms with Crippen LogP contribution in [0, 0.1) is 6.92 Å². The van der Waals surface area contributed by atoms with Gasteiger partial charge in [0.05, 0.1) is 0 Å². The minimum absolute atomic E-state index is 0.114. The molecule has 0 saturated carbocycles. The van der Waals surface area contributed by atoms with E-state index in [9.17, 15) is 14.7 Å². The van der Waals surface area contributed by atoms with Crippen LogP contribution in [-0.4, -0.2) is 25.8 Å². The van der Waals surface area contributed by atoms with Gasteiger partial charge in [-0.1, -0.05) is 60.7 Å². The van der Waals surface area contributed by atoms with Crippen molar-refractivity contribution in [3.8, 4) is 0 Å². The number of ketones is 1. The first kappa shape index (κ1) is 16.3. The van der Waals surface area contributed by atoms with Crippen molar-refractivity contribution in [3.63, 3.8) is 0 Å². The van der Waals surface area contributed by atoms with E-state index < -0.39 is 11.5 Å². The van der Waals surface area contributed by atoms with Gasteiger partial charge in [-0.25, -0.2) is 9.78 Å². The number of carbonyl (C=O) groups is 1. The summed E-state index contributed by atoms with van der Waals surface area (Å²) in [6.45, 7) is 1.58. The SMILES string of the molecule is Cc1nc(/C(C(=O)c2ccccc2)=C(/O)c2ccccc2)nc(=O)[nH]1. The molecule has 124 valence electrons. The van der Waals surface area contributed by atoms with Gasteiger partial charge >= 0.3 is 5.69 Å². The average Bonchev–Trinajstić information content (AvgIpc) is 2.62. The Morgan fingerprint density at radius 1 is 0.920 bits per heavy atom. The van der Waals surface area contributed by atoms with Crippen molar-refractivity contribution in [2.75, 3.05) is 0 Å². The van der Waals surface area contributed by atoms with E-state index in [1.807, 2.05) is 0 Å². The number of benzene rings is 2. The first-order chi connectivity index (χ1) is 12.1. The molecule has 0 aliphatic carbocycles. The van der Waals surface area contributed by atoms with Crippen LogP contribution in [0.3, 0.4) is 0 Å². The Morgan fingerprint density at radius 3 is 2.04 bits per heavy atom. The summed E-state index contributed by atoms with van der Waals surface area (Å²) < 4.78 is 0. The molecule has 0 radical (unpaired) electrons.